The molecule has 1 aliphatic rings. The van der Waals surface area contributed by atoms with Crippen molar-refractivity contribution in [2.75, 3.05) is 31.1 Å². The van der Waals surface area contributed by atoms with Crippen LogP contribution in [0, 0.1) is 11.7 Å². The van der Waals surface area contributed by atoms with Gasteiger partial charge in [0.15, 0.2) is 11.6 Å². The van der Waals surface area contributed by atoms with Crippen molar-refractivity contribution in [3.63, 3.8) is 0 Å². The predicted octanol–water partition coefficient (Wildman–Crippen LogP) is 2.81. The molecule has 5 heteroatoms. The van der Waals surface area contributed by atoms with Gasteiger partial charge in [0, 0.05) is 23.8 Å². The van der Waals surface area contributed by atoms with E-state index in [2.05, 4.69) is 38.1 Å². The zero-order valence-electron chi connectivity index (χ0n) is 10.6. The maximum Gasteiger partial charge on any atom is 0.166 e. The summed E-state index contributed by atoms with van der Waals surface area (Å²) in [5.41, 5.74) is 0. The van der Waals surface area contributed by atoms with Gasteiger partial charge in [0.1, 0.15) is 0 Å². The van der Waals surface area contributed by atoms with E-state index >= 15 is 0 Å². The molecule has 2 rings (SSSR count). The van der Waals surface area contributed by atoms with Crippen molar-refractivity contribution in [2.24, 2.45) is 5.92 Å². The first-order valence-electron chi connectivity index (χ1n) is 6.47. The van der Waals surface area contributed by atoms with Gasteiger partial charge in [-0.15, -0.1) is 0 Å². The summed E-state index contributed by atoms with van der Waals surface area (Å²) in [6.07, 6.45) is 3.97. The van der Waals surface area contributed by atoms with E-state index in [1.54, 1.807) is 6.20 Å². The van der Waals surface area contributed by atoms with Gasteiger partial charge in [0.25, 0.3) is 0 Å². The highest BCUT2D eigenvalue weighted by atomic mass is 79.9. The van der Waals surface area contributed by atoms with Crippen LogP contribution in [0.15, 0.2) is 16.7 Å². The third-order valence-electron chi connectivity index (χ3n) is 3.29. The Kier molecular flexibility index (Phi) is 4.95. The van der Waals surface area contributed by atoms with Gasteiger partial charge >= 0.3 is 0 Å². The number of rotatable bonds is 4. The Bertz CT molecular complexity index is 400. The average molecular weight is 316 g/mol. The number of piperidine rings is 1. The van der Waals surface area contributed by atoms with Crippen molar-refractivity contribution in [1.82, 2.24) is 10.3 Å². The van der Waals surface area contributed by atoms with Crippen LogP contribution in [0.3, 0.4) is 0 Å². The van der Waals surface area contributed by atoms with Crippen LogP contribution in [0.5, 0.6) is 0 Å². The quantitative estimate of drug-likeness (QED) is 0.926. The second-order valence-electron chi connectivity index (χ2n) is 4.72. The Balaban J connectivity index is 2.03. The second kappa shape index (κ2) is 6.48. The maximum absolute atomic E-state index is 13.9. The Morgan fingerprint density at radius 2 is 2.44 bits per heavy atom. The molecular weight excluding hydrogens is 297 g/mol. The molecule has 1 fully saturated rings. The SMILES string of the molecule is CCNCC1CCCN(c2ncc(Br)cc2F)C1. The van der Waals surface area contributed by atoms with E-state index in [9.17, 15) is 4.39 Å². The summed E-state index contributed by atoms with van der Waals surface area (Å²) in [6.45, 7) is 5.88. The van der Waals surface area contributed by atoms with Crippen LogP contribution in [-0.2, 0) is 0 Å². The zero-order valence-corrected chi connectivity index (χ0v) is 12.2. The summed E-state index contributed by atoms with van der Waals surface area (Å²) < 4.78 is 14.5. The number of hydrogen-bond donors (Lipinski definition) is 1. The van der Waals surface area contributed by atoms with E-state index in [0.29, 0.717) is 16.2 Å². The summed E-state index contributed by atoms with van der Waals surface area (Å²) >= 11 is 3.24. The van der Waals surface area contributed by atoms with Gasteiger partial charge in [0.05, 0.1) is 0 Å². The van der Waals surface area contributed by atoms with Gasteiger partial charge in [-0.2, -0.15) is 0 Å². The Morgan fingerprint density at radius 3 is 3.17 bits per heavy atom. The van der Waals surface area contributed by atoms with E-state index < -0.39 is 0 Å². The lowest BCUT2D eigenvalue weighted by atomic mass is 9.98. The minimum Gasteiger partial charge on any atom is -0.354 e. The van der Waals surface area contributed by atoms with Gasteiger partial charge in [-0.1, -0.05) is 6.92 Å². The van der Waals surface area contributed by atoms with Crippen LogP contribution in [-0.4, -0.2) is 31.2 Å². The first-order chi connectivity index (χ1) is 8.70. The van der Waals surface area contributed by atoms with Crippen molar-refractivity contribution in [3.05, 3.63) is 22.6 Å². The maximum atomic E-state index is 13.9. The summed E-state index contributed by atoms with van der Waals surface area (Å²) in [4.78, 5) is 6.26. The monoisotopic (exact) mass is 315 g/mol. The topological polar surface area (TPSA) is 28.2 Å². The highest BCUT2D eigenvalue weighted by Gasteiger charge is 2.22. The number of pyridine rings is 1. The smallest absolute Gasteiger partial charge is 0.166 e. The Labute approximate surface area is 116 Å². The molecule has 1 aromatic heterocycles. The molecule has 1 aromatic rings. The number of nitrogens with one attached hydrogen (secondary N) is 1. The van der Waals surface area contributed by atoms with E-state index in [1.807, 2.05) is 0 Å². The van der Waals surface area contributed by atoms with Gasteiger partial charge in [-0.3, -0.25) is 0 Å². The molecule has 0 bridgehead atoms. The zero-order chi connectivity index (χ0) is 13.0. The lowest BCUT2D eigenvalue weighted by Crippen LogP contribution is -2.40. The van der Waals surface area contributed by atoms with Crippen molar-refractivity contribution >= 4 is 21.7 Å². The molecule has 0 amide bonds. The molecule has 0 aromatic carbocycles. The van der Waals surface area contributed by atoms with Crippen molar-refractivity contribution in [1.29, 1.82) is 0 Å². The summed E-state index contributed by atoms with van der Waals surface area (Å²) in [6, 6.07) is 1.48. The molecule has 0 saturated carbocycles. The van der Waals surface area contributed by atoms with Crippen LogP contribution < -0.4 is 10.2 Å². The van der Waals surface area contributed by atoms with Crippen LogP contribution in [0.4, 0.5) is 10.2 Å². The Morgan fingerprint density at radius 1 is 1.61 bits per heavy atom. The number of nitrogens with zero attached hydrogens (tertiary/aromatic N) is 2. The largest absolute Gasteiger partial charge is 0.354 e. The molecule has 0 radical (unpaired) electrons. The fraction of sp³-hybridized carbons (Fsp3) is 0.615. The van der Waals surface area contributed by atoms with Gasteiger partial charge < -0.3 is 10.2 Å². The van der Waals surface area contributed by atoms with Crippen LogP contribution in [0.25, 0.3) is 0 Å². The predicted molar refractivity (Wildman–Crippen MR) is 75.4 cm³/mol. The summed E-state index contributed by atoms with van der Waals surface area (Å²) in [7, 11) is 0. The molecule has 0 aliphatic carbocycles. The Hall–Kier alpha value is -0.680. The third-order valence-corrected chi connectivity index (χ3v) is 3.72. The molecule has 2 heterocycles. The number of aromatic nitrogens is 1. The van der Waals surface area contributed by atoms with E-state index in [4.69, 9.17) is 0 Å². The first-order valence-corrected chi connectivity index (χ1v) is 7.26. The minimum absolute atomic E-state index is 0.242. The number of halogens is 2. The highest BCUT2D eigenvalue weighted by molar-refractivity contribution is 9.10. The third kappa shape index (κ3) is 3.42. The second-order valence-corrected chi connectivity index (χ2v) is 5.64. The molecule has 18 heavy (non-hydrogen) atoms. The van der Waals surface area contributed by atoms with Crippen molar-refractivity contribution in [3.8, 4) is 0 Å². The fourth-order valence-electron chi connectivity index (χ4n) is 2.41. The standard InChI is InChI=1S/C13H19BrFN3/c1-2-16-7-10-4-3-5-18(9-10)13-12(15)6-11(14)8-17-13/h6,8,10,16H,2-5,7,9H2,1H3. The van der Waals surface area contributed by atoms with Crippen LogP contribution >= 0.6 is 15.9 Å². The molecule has 1 aliphatic heterocycles. The van der Waals surface area contributed by atoms with Gasteiger partial charge in [0.2, 0.25) is 0 Å². The average Bonchev–Trinajstić information content (AvgIpc) is 2.36. The van der Waals surface area contributed by atoms with Crippen LogP contribution in [0.2, 0.25) is 0 Å². The molecular formula is C13H19BrFN3. The van der Waals surface area contributed by atoms with E-state index in [1.165, 1.54) is 12.5 Å². The molecule has 1 atom stereocenters. The van der Waals surface area contributed by atoms with E-state index in [0.717, 1.165) is 32.6 Å². The number of hydrogen-bond acceptors (Lipinski definition) is 3. The molecule has 1 unspecified atom stereocenters. The van der Waals surface area contributed by atoms with E-state index in [-0.39, 0.29) is 5.82 Å². The lowest BCUT2D eigenvalue weighted by Gasteiger charge is -2.33. The van der Waals surface area contributed by atoms with Crippen molar-refractivity contribution < 1.29 is 4.39 Å². The molecule has 1 N–H and O–H groups in total. The fourth-order valence-corrected chi connectivity index (χ4v) is 2.72. The molecule has 0 spiro atoms. The first kappa shape index (κ1) is 13.7. The normalized spacial score (nSPS) is 20.2. The van der Waals surface area contributed by atoms with Gasteiger partial charge in [-0.25, -0.2) is 9.37 Å². The summed E-state index contributed by atoms with van der Waals surface area (Å²) in [5.74, 6) is 0.830. The number of anilines is 1. The summed E-state index contributed by atoms with van der Waals surface area (Å²) in [5, 5.41) is 3.37. The van der Waals surface area contributed by atoms with Gasteiger partial charge in [-0.05, 0) is 53.8 Å². The molecule has 3 nitrogen and oxygen atoms in total. The highest BCUT2D eigenvalue weighted by Crippen LogP contribution is 2.25. The molecule has 1 saturated heterocycles. The lowest BCUT2D eigenvalue weighted by molar-refractivity contribution is 0.391. The molecule has 100 valence electrons. The minimum atomic E-state index is -0.242. The van der Waals surface area contributed by atoms with Crippen LogP contribution in [0.1, 0.15) is 19.8 Å². The van der Waals surface area contributed by atoms with Crippen molar-refractivity contribution in [2.45, 2.75) is 19.8 Å².